The van der Waals surface area contributed by atoms with Crippen LogP contribution in [-0.4, -0.2) is 5.78 Å². The van der Waals surface area contributed by atoms with Crippen molar-refractivity contribution in [3.63, 3.8) is 0 Å². The van der Waals surface area contributed by atoms with Gasteiger partial charge < -0.3 is 0 Å². The Kier molecular flexibility index (Phi) is 1.64. The number of Topliss-reactive ketones (excluding diaryl/α,β-unsaturated/α-hetero) is 1. The summed E-state index contributed by atoms with van der Waals surface area (Å²) in [5.41, 5.74) is 1.38. The van der Waals surface area contributed by atoms with Gasteiger partial charge in [0.2, 0.25) is 0 Å². The van der Waals surface area contributed by atoms with Crippen molar-refractivity contribution >= 4 is 5.78 Å². The highest BCUT2D eigenvalue weighted by Gasteiger charge is 2.43. The number of hydrogen-bond acceptors (Lipinski definition) is 1. The third kappa shape index (κ3) is 1.03. The molecule has 0 radical (unpaired) electrons. The second-order valence-electron chi connectivity index (χ2n) is 4.73. The zero-order valence-electron chi connectivity index (χ0n) is 7.89. The Hall–Kier alpha value is -0.590. The number of hydrogen-bond donors (Lipinski definition) is 0. The van der Waals surface area contributed by atoms with Gasteiger partial charge in [-0.25, -0.2) is 0 Å². The molecular formula is C11H16O. The first kappa shape index (κ1) is 8.03. The van der Waals surface area contributed by atoms with Crippen LogP contribution in [0.5, 0.6) is 0 Å². The van der Waals surface area contributed by atoms with Gasteiger partial charge in [-0.15, -0.1) is 0 Å². The van der Waals surface area contributed by atoms with Crippen LogP contribution in [0.1, 0.15) is 39.5 Å². The molecule has 2 aliphatic carbocycles. The summed E-state index contributed by atoms with van der Waals surface area (Å²) in [5, 5.41) is 0. The summed E-state index contributed by atoms with van der Waals surface area (Å²) in [6.07, 6.45) is 6.55. The van der Waals surface area contributed by atoms with Gasteiger partial charge in [-0.1, -0.05) is 19.9 Å². The molecule has 12 heavy (non-hydrogen) atoms. The largest absolute Gasteiger partial charge is 0.295 e. The number of allylic oxidation sites excluding steroid dienone is 2. The number of ketones is 1. The number of rotatable bonds is 0. The number of fused-ring (bicyclic) bond motifs is 1. The molecule has 0 saturated heterocycles. The lowest BCUT2D eigenvalue weighted by Gasteiger charge is -2.28. The standard InChI is InChI=1S/C11H16O/c1-11(2)7-10(12)8-5-3-4-6-9(8)11/h5,9H,3-4,6-7H2,1-2H3. The number of carbonyl (C=O) groups is 1. The van der Waals surface area contributed by atoms with Crippen molar-refractivity contribution in [3.8, 4) is 0 Å². The Labute approximate surface area is 73.8 Å². The molecule has 1 nitrogen and oxygen atoms in total. The van der Waals surface area contributed by atoms with Crippen LogP contribution >= 0.6 is 0 Å². The average molecular weight is 164 g/mol. The van der Waals surface area contributed by atoms with E-state index in [9.17, 15) is 4.79 Å². The van der Waals surface area contributed by atoms with Crippen molar-refractivity contribution in [2.75, 3.05) is 0 Å². The van der Waals surface area contributed by atoms with Crippen molar-refractivity contribution in [2.24, 2.45) is 11.3 Å². The molecule has 0 aromatic heterocycles. The first-order chi connectivity index (χ1) is 5.61. The molecule has 0 N–H and O–H groups in total. The summed E-state index contributed by atoms with van der Waals surface area (Å²) >= 11 is 0. The minimum absolute atomic E-state index is 0.239. The van der Waals surface area contributed by atoms with Crippen LogP contribution in [0.4, 0.5) is 0 Å². The second-order valence-corrected chi connectivity index (χ2v) is 4.73. The Balaban J connectivity index is 2.37. The molecule has 0 amide bonds. The molecule has 1 unspecified atom stereocenters. The van der Waals surface area contributed by atoms with Crippen LogP contribution < -0.4 is 0 Å². The highest BCUT2D eigenvalue weighted by molar-refractivity contribution is 5.99. The number of carbonyl (C=O) groups excluding carboxylic acids is 1. The van der Waals surface area contributed by atoms with E-state index in [1.807, 2.05) is 0 Å². The molecule has 0 aliphatic heterocycles. The lowest BCUT2D eigenvalue weighted by atomic mass is 9.76. The minimum atomic E-state index is 0.239. The first-order valence-corrected chi connectivity index (χ1v) is 4.84. The van der Waals surface area contributed by atoms with E-state index in [1.165, 1.54) is 12.8 Å². The van der Waals surface area contributed by atoms with Gasteiger partial charge in [0.25, 0.3) is 0 Å². The van der Waals surface area contributed by atoms with Crippen molar-refractivity contribution in [2.45, 2.75) is 39.5 Å². The summed E-state index contributed by atoms with van der Waals surface area (Å²) in [6, 6.07) is 0. The van der Waals surface area contributed by atoms with Gasteiger partial charge in [-0.05, 0) is 36.2 Å². The summed E-state index contributed by atoms with van der Waals surface area (Å²) in [6.45, 7) is 4.45. The molecule has 0 spiro atoms. The Bertz CT molecular complexity index is 248. The van der Waals surface area contributed by atoms with E-state index in [-0.39, 0.29) is 5.41 Å². The van der Waals surface area contributed by atoms with Crippen molar-refractivity contribution < 1.29 is 4.79 Å². The molecule has 0 aromatic rings. The van der Waals surface area contributed by atoms with Crippen LogP contribution in [0.25, 0.3) is 0 Å². The van der Waals surface area contributed by atoms with E-state index >= 15 is 0 Å². The smallest absolute Gasteiger partial charge is 0.159 e. The maximum Gasteiger partial charge on any atom is 0.159 e. The van der Waals surface area contributed by atoms with Gasteiger partial charge in [-0.3, -0.25) is 4.79 Å². The summed E-state index contributed by atoms with van der Waals surface area (Å²) < 4.78 is 0. The third-order valence-corrected chi connectivity index (χ3v) is 3.32. The molecule has 1 heteroatoms. The van der Waals surface area contributed by atoms with E-state index in [1.54, 1.807) is 0 Å². The molecule has 2 rings (SSSR count). The summed E-state index contributed by atoms with van der Waals surface area (Å²) in [4.78, 5) is 11.6. The average Bonchev–Trinajstić information content (AvgIpc) is 2.25. The van der Waals surface area contributed by atoms with E-state index in [0.717, 1.165) is 18.4 Å². The quantitative estimate of drug-likeness (QED) is 0.538. The molecule has 0 aromatic carbocycles. The van der Waals surface area contributed by atoms with Crippen LogP contribution in [0, 0.1) is 11.3 Å². The van der Waals surface area contributed by atoms with Gasteiger partial charge in [-0.2, -0.15) is 0 Å². The van der Waals surface area contributed by atoms with Gasteiger partial charge in [0.1, 0.15) is 0 Å². The van der Waals surface area contributed by atoms with Crippen LogP contribution in [-0.2, 0) is 4.79 Å². The summed E-state index contributed by atoms with van der Waals surface area (Å²) in [7, 11) is 0. The first-order valence-electron chi connectivity index (χ1n) is 4.84. The lowest BCUT2D eigenvalue weighted by Crippen LogP contribution is -2.19. The Morgan fingerprint density at radius 2 is 2.25 bits per heavy atom. The minimum Gasteiger partial charge on any atom is -0.295 e. The van der Waals surface area contributed by atoms with Gasteiger partial charge >= 0.3 is 0 Å². The zero-order chi connectivity index (χ0) is 8.77. The lowest BCUT2D eigenvalue weighted by molar-refractivity contribution is -0.115. The van der Waals surface area contributed by atoms with Crippen LogP contribution in [0.15, 0.2) is 11.6 Å². The topological polar surface area (TPSA) is 17.1 Å². The van der Waals surface area contributed by atoms with Gasteiger partial charge in [0.15, 0.2) is 5.78 Å². The maximum absolute atomic E-state index is 11.6. The molecule has 1 atom stereocenters. The monoisotopic (exact) mass is 164 g/mol. The van der Waals surface area contributed by atoms with Gasteiger partial charge in [0.05, 0.1) is 0 Å². The van der Waals surface area contributed by atoms with E-state index < -0.39 is 0 Å². The van der Waals surface area contributed by atoms with Crippen LogP contribution in [0.2, 0.25) is 0 Å². The van der Waals surface area contributed by atoms with Crippen molar-refractivity contribution in [1.29, 1.82) is 0 Å². The maximum atomic E-state index is 11.6. The normalized spacial score (nSPS) is 33.0. The molecule has 1 saturated carbocycles. The predicted molar refractivity (Wildman–Crippen MR) is 48.8 cm³/mol. The molecular weight excluding hydrogens is 148 g/mol. The Morgan fingerprint density at radius 3 is 2.92 bits per heavy atom. The van der Waals surface area contributed by atoms with E-state index in [2.05, 4.69) is 19.9 Å². The molecule has 0 heterocycles. The fraction of sp³-hybridized carbons (Fsp3) is 0.727. The highest BCUT2D eigenvalue weighted by atomic mass is 16.1. The van der Waals surface area contributed by atoms with Crippen molar-refractivity contribution in [1.82, 2.24) is 0 Å². The predicted octanol–water partition coefficient (Wildman–Crippen LogP) is 2.71. The van der Waals surface area contributed by atoms with Crippen LogP contribution in [0.3, 0.4) is 0 Å². The Morgan fingerprint density at radius 1 is 1.50 bits per heavy atom. The van der Waals surface area contributed by atoms with E-state index in [0.29, 0.717) is 11.7 Å². The SMILES string of the molecule is CC1(C)CC(=O)C2=CCCCC21. The zero-order valence-corrected chi connectivity index (χ0v) is 7.89. The molecule has 66 valence electrons. The molecule has 1 fully saturated rings. The fourth-order valence-electron chi connectivity index (χ4n) is 2.64. The van der Waals surface area contributed by atoms with Crippen molar-refractivity contribution in [3.05, 3.63) is 11.6 Å². The van der Waals surface area contributed by atoms with Gasteiger partial charge in [0, 0.05) is 6.42 Å². The summed E-state index contributed by atoms with van der Waals surface area (Å²) in [5.74, 6) is 0.975. The fourth-order valence-corrected chi connectivity index (χ4v) is 2.64. The second kappa shape index (κ2) is 2.45. The third-order valence-electron chi connectivity index (χ3n) is 3.32. The molecule has 0 bridgehead atoms. The molecule has 2 aliphatic rings. The highest BCUT2D eigenvalue weighted by Crippen LogP contribution is 2.48. The van der Waals surface area contributed by atoms with E-state index in [4.69, 9.17) is 0 Å².